The minimum absolute atomic E-state index is 0.349. The third kappa shape index (κ3) is 5.80. The van der Waals surface area contributed by atoms with Crippen molar-refractivity contribution in [2.75, 3.05) is 46.4 Å². The SMILES string of the molecule is COCC1CCN(C(=O)CCC[C@H]2NCC3CC2CN(Cc2cccnc2)C3)CC1. The van der Waals surface area contributed by atoms with Gasteiger partial charge in [-0.1, -0.05) is 6.07 Å². The topological polar surface area (TPSA) is 57.7 Å². The molecule has 3 aliphatic rings. The fraction of sp³-hybridized carbons (Fsp3) is 0.750. The molecular weight excluding hydrogens is 376 g/mol. The quantitative estimate of drug-likeness (QED) is 0.708. The number of likely N-dealkylation sites (tertiary alicyclic amines) is 2. The first-order chi connectivity index (χ1) is 14.7. The number of nitrogens with zero attached hydrogens (tertiary/aromatic N) is 3. The molecule has 1 amide bonds. The average Bonchev–Trinajstić information content (AvgIpc) is 2.77. The van der Waals surface area contributed by atoms with Crippen molar-refractivity contribution in [3.8, 4) is 0 Å². The van der Waals surface area contributed by atoms with Crippen LogP contribution < -0.4 is 5.32 Å². The van der Waals surface area contributed by atoms with Crippen LogP contribution in [0.4, 0.5) is 0 Å². The molecule has 6 nitrogen and oxygen atoms in total. The largest absolute Gasteiger partial charge is 0.384 e. The van der Waals surface area contributed by atoms with E-state index in [1.807, 2.05) is 18.5 Å². The van der Waals surface area contributed by atoms with Crippen LogP contribution in [0.5, 0.6) is 0 Å². The third-order valence-corrected chi connectivity index (χ3v) is 7.29. The van der Waals surface area contributed by atoms with Crippen molar-refractivity contribution in [2.24, 2.45) is 17.8 Å². The van der Waals surface area contributed by atoms with Crippen LogP contribution in [0, 0.1) is 17.8 Å². The lowest BCUT2D eigenvalue weighted by Crippen LogP contribution is -2.55. The highest BCUT2D eigenvalue weighted by Crippen LogP contribution is 2.31. The van der Waals surface area contributed by atoms with Crippen molar-refractivity contribution >= 4 is 5.91 Å². The standard InChI is InChI=1S/C24H38N4O2/c1-30-18-19-7-10-28(11-8-19)24(29)6-2-5-23-22-12-21(14-26-23)16-27(17-22)15-20-4-3-9-25-13-20/h3-4,9,13,19,21-23,26H,2,5-8,10-12,14-18H2,1H3/t21?,22?,23-/m1/s1. The van der Waals surface area contributed by atoms with Crippen molar-refractivity contribution < 1.29 is 9.53 Å². The maximum atomic E-state index is 12.6. The second-order valence-electron chi connectivity index (χ2n) is 9.60. The summed E-state index contributed by atoms with van der Waals surface area (Å²) in [6, 6.07) is 4.76. The number of carbonyl (C=O) groups excluding carboxylic acids is 1. The fourth-order valence-electron chi connectivity index (χ4n) is 5.71. The summed E-state index contributed by atoms with van der Waals surface area (Å²) in [6.45, 7) is 7.10. The minimum Gasteiger partial charge on any atom is -0.384 e. The summed E-state index contributed by atoms with van der Waals surface area (Å²) >= 11 is 0. The number of piperidine rings is 3. The monoisotopic (exact) mass is 414 g/mol. The Hall–Kier alpha value is -1.50. The molecule has 3 saturated heterocycles. The molecule has 1 aromatic rings. The molecule has 166 valence electrons. The Morgan fingerprint density at radius 3 is 2.93 bits per heavy atom. The number of hydrogen-bond acceptors (Lipinski definition) is 5. The Morgan fingerprint density at radius 1 is 1.30 bits per heavy atom. The lowest BCUT2D eigenvalue weighted by atomic mass is 9.79. The minimum atomic E-state index is 0.349. The van der Waals surface area contributed by atoms with Crippen LogP contribution in [0.25, 0.3) is 0 Å². The van der Waals surface area contributed by atoms with Gasteiger partial charge in [0, 0.05) is 71.3 Å². The van der Waals surface area contributed by atoms with Crippen LogP contribution >= 0.6 is 0 Å². The highest BCUT2D eigenvalue weighted by Gasteiger charge is 2.36. The lowest BCUT2D eigenvalue weighted by molar-refractivity contribution is -0.133. The second kappa shape index (κ2) is 10.7. The first-order valence-electron chi connectivity index (χ1n) is 11.8. The highest BCUT2D eigenvalue weighted by atomic mass is 16.5. The van der Waals surface area contributed by atoms with E-state index < -0.39 is 0 Å². The zero-order valence-corrected chi connectivity index (χ0v) is 18.5. The fourth-order valence-corrected chi connectivity index (χ4v) is 5.71. The van der Waals surface area contributed by atoms with Crippen LogP contribution in [0.1, 0.15) is 44.1 Å². The van der Waals surface area contributed by atoms with Gasteiger partial charge in [-0.2, -0.15) is 0 Å². The third-order valence-electron chi connectivity index (χ3n) is 7.29. The summed E-state index contributed by atoms with van der Waals surface area (Å²) in [7, 11) is 1.77. The molecule has 2 bridgehead atoms. The van der Waals surface area contributed by atoms with Gasteiger partial charge in [-0.25, -0.2) is 0 Å². The van der Waals surface area contributed by atoms with E-state index >= 15 is 0 Å². The molecule has 4 rings (SSSR count). The van der Waals surface area contributed by atoms with Gasteiger partial charge in [0.1, 0.15) is 0 Å². The molecular formula is C24H38N4O2. The molecule has 4 heterocycles. The maximum Gasteiger partial charge on any atom is 0.222 e. The number of amides is 1. The van der Waals surface area contributed by atoms with E-state index in [9.17, 15) is 4.79 Å². The van der Waals surface area contributed by atoms with Crippen LogP contribution in [0.3, 0.4) is 0 Å². The molecule has 0 aromatic carbocycles. The molecule has 6 heteroatoms. The summed E-state index contributed by atoms with van der Waals surface area (Å²) in [5, 5.41) is 3.80. The number of aromatic nitrogens is 1. The van der Waals surface area contributed by atoms with Gasteiger partial charge in [0.05, 0.1) is 0 Å². The van der Waals surface area contributed by atoms with E-state index in [4.69, 9.17) is 4.74 Å². The number of methoxy groups -OCH3 is 1. The Morgan fingerprint density at radius 2 is 2.17 bits per heavy atom. The normalized spacial score (nSPS) is 27.9. The number of fused-ring (bicyclic) bond motifs is 2. The van der Waals surface area contributed by atoms with Crippen LogP contribution in [0.15, 0.2) is 24.5 Å². The molecule has 1 aromatic heterocycles. The van der Waals surface area contributed by atoms with E-state index in [1.165, 1.54) is 18.5 Å². The summed E-state index contributed by atoms with van der Waals surface area (Å²) in [4.78, 5) is 21.6. The zero-order valence-electron chi connectivity index (χ0n) is 18.5. The van der Waals surface area contributed by atoms with Crippen molar-refractivity contribution in [3.05, 3.63) is 30.1 Å². The highest BCUT2D eigenvalue weighted by molar-refractivity contribution is 5.76. The smallest absolute Gasteiger partial charge is 0.222 e. The molecule has 3 atom stereocenters. The van der Waals surface area contributed by atoms with Gasteiger partial charge in [0.15, 0.2) is 0 Å². The molecule has 2 unspecified atom stereocenters. The van der Waals surface area contributed by atoms with E-state index in [-0.39, 0.29) is 0 Å². The first-order valence-corrected chi connectivity index (χ1v) is 11.8. The summed E-state index contributed by atoms with van der Waals surface area (Å²) in [5.74, 6) is 2.43. The first kappa shape index (κ1) is 21.7. The molecule has 30 heavy (non-hydrogen) atoms. The average molecular weight is 415 g/mol. The van der Waals surface area contributed by atoms with Gasteiger partial charge in [0.2, 0.25) is 5.91 Å². The summed E-state index contributed by atoms with van der Waals surface area (Å²) in [5.41, 5.74) is 1.31. The predicted octanol–water partition coefficient (Wildman–Crippen LogP) is 2.55. The van der Waals surface area contributed by atoms with E-state index in [0.717, 1.165) is 70.9 Å². The van der Waals surface area contributed by atoms with Gasteiger partial charge in [-0.05, 0) is 68.0 Å². The van der Waals surface area contributed by atoms with Crippen LogP contribution in [-0.2, 0) is 16.1 Å². The van der Waals surface area contributed by atoms with E-state index in [2.05, 4.69) is 26.2 Å². The number of hydrogen-bond donors (Lipinski definition) is 1. The Labute approximate surface area is 181 Å². The number of nitrogens with one attached hydrogen (secondary N) is 1. The van der Waals surface area contributed by atoms with Crippen molar-refractivity contribution in [3.63, 3.8) is 0 Å². The molecule has 0 aliphatic carbocycles. The second-order valence-corrected chi connectivity index (χ2v) is 9.60. The van der Waals surface area contributed by atoms with Gasteiger partial charge < -0.3 is 15.0 Å². The summed E-state index contributed by atoms with van der Waals surface area (Å²) in [6.07, 6.45) is 10.1. The zero-order chi connectivity index (χ0) is 20.8. The van der Waals surface area contributed by atoms with Gasteiger partial charge >= 0.3 is 0 Å². The predicted molar refractivity (Wildman–Crippen MR) is 118 cm³/mol. The van der Waals surface area contributed by atoms with E-state index in [0.29, 0.717) is 30.2 Å². The van der Waals surface area contributed by atoms with E-state index in [1.54, 1.807) is 7.11 Å². The molecule has 3 fully saturated rings. The van der Waals surface area contributed by atoms with Crippen LogP contribution in [-0.4, -0.2) is 73.2 Å². The number of carbonyl (C=O) groups is 1. The van der Waals surface area contributed by atoms with Gasteiger partial charge in [-0.15, -0.1) is 0 Å². The Balaban J connectivity index is 1.19. The molecule has 0 radical (unpaired) electrons. The Kier molecular flexibility index (Phi) is 7.74. The van der Waals surface area contributed by atoms with Crippen molar-refractivity contribution in [1.29, 1.82) is 0 Å². The molecule has 1 N–H and O–H groups in total. The molecule has 0 saturated carbocycles. The number of pyridine rings is 1. The maximum absolute atomic E-state index is 12.6. The van der Waals surface area contributed by atoms with Gasteiger partial charge in [0.25, 0.3) is 0 Å². The molecule has 3 aliphatic heterocycles. The summed E-state index contributed by atoms with van der Waals surface area (Å²) < 4.78 is 5.27. The number of rotatable bonds is 8. The van der Waals surface area contributed by atoms with Crippen molar-refractivity contribution in [2.45, 2.75) is 51.1 Å². The van der Waals surface area contributed by atoms with Gasteiger partial charge in [-0.3, -0.25) is 14.7 Å². The Bertz CT molecular complexity index is 662. The molecule has 0 spiro atoms. The van der Waals surface area contributed by atoms with Crippen LogP contribution in [0.2, 0.25) is 0 Å². The van der Waals surface area contributed by atoms with Crippen molar-refractivity contribution in [1.82, 2.24) is 20.1 Å². The number of ether oxygens (including phenoxy) is 1. The lowest BCUT2D eigenvalue weighted by Gasteiger charge is -2.46.